The fraction of sp³-hybridized carbons (Fsp3) is 0.417. The van der Waals surface area contributed by atoms with Crippen LogP contribution in [-0.2, 0) is 0 Å². The Balaban J connectivity index is 2.31. The fourth-order valence-electron chi connectivity index (χ4n) is 2.04. The molecule has 1 aromatic carbocycles. The molecule has 1 amide bonds. The van der Waals surface area contributed by atoms with Gasteiger partial charge in [-0.25, -0.2) is 0 Å². The third kappa shape index (κ3) is 2.81. The Morgan fingerprint density at radius 2 is 2.32 bits per heavy atom. The summed E-state index contributed by atoms with van der Waals surface area (Å²) in [4.78, 5) is 24.2. The molecule has 1 atom stereocenters. The normalized spacial score (nSPS) is 18.3. The minimum absolute atomic E-state index is 0.0654. The molecule has 1 unspecified atom stereocenters. The third-order valence-electron chi connectivity index (χ3n) is 3.18. The van der Waals surface area contributed by atoms with Gasteiger partial charge < -0.3 is 10.0 Å². The number of nitrogens with zero attached hydrogens (tertiary/aromatic N) is 2. The van der Waals surface area contributed by atoms with Gasteiger partial charge in [0.25, 0.3) is 11.6 Å². The summed E-state index contributed by atoms with van der Waals surface area (Å²) in [6.07, 6.45) is 0.888. The van der Waals surface area contributed by atoms with Gasteiger partial charge in [0.15, 0.2) is 0 Å². The van der Waals surface area contributed by atoms with Crippen molar-refractivity contribution in [2.24, 2.45) is 0 Å². The number of thioether (sulfide) groups is 1. The molecule has 2 rings (SSSR count). The van der Waals surface area contributed by atoms with Crippen LogP contribution in [0.4, 0.5) is 5.69 Å². The van der Waals surface area contributed by atoms with Crippen molar-refractivity contribution in [2.75, 3.05) is 18.6 Å². The lowest BCUT2D eigenvalue weighted by atomic mass is 10.1. The molecule has 1 heterocycles. The van der Waals surface area contributed by atoms with Crippen LogP contribution in [0.25, 0.3) is 0 Å². The van der Waals surface area contributed by atoms with Crippen molar-refractivity contribution in [1.82, 2.24) is 4.90 Å². The molecule has 0 aliphatic carbocycles. The van der Waals surface area contributed by atoms with E-state index in [1.807, 2.05) is 0 Å². The second-order valence-electron chi connectivity index (χ2n) is 4.39. The molecule has 0 bridgehead atoms. The number of phenols is 1. The van der Waals surface area contributed by atoms with Crippen LogP contribution >= 0.6 is 11.8 Å². The van der Waals surface area contributed by atoms with Gasteiger partial charge in [-0.05, 0) is 24.3 Å². The summed E-state index contributed by atoms with van der Waals surface area (Å²) in [6.45, 7) is 0. The summed E-state index contributed by atoms with van der Waals surface area (Å²) in [6, 6.07) is 3.61. The number of aromatic hydroxyl groups is 1. The fourth-order valence-corrected chi connectivity index (χ4v) is 3.31. The van der Waals surface area contributed by atoms with E-state index in [0.717, 1.165) is 30.1 Å². The minimum atomic E-state index is -0.607. The summed E-state index contributed by atoms with van der Waals surface area (Å²) in [5.74, 6) is 1.26. The van der Waals surface area contributed by atoms with Gasteiger partial charge in [-0.2, -0.15) is 11.8 Å². The first-order valence-electron chi connectivity index (χ1n) is 5.83. The Bertz CT molecular complexity index is 514. The topological polar surface area (TPSA) is 83.7 Å². The highest BCUT2D eigenvalue weighted by atomic mass is 32.2. The Hall–Kier alpha value is -1.76. The van der Waals surface area contributed by atoms with Gasteiger partial charge in [-0.15, -0.1) is 0 Å². The monoisotopic (exact) mass is 282 g/mol. The number of nitro groups is 1. The number of phenolic OH excluding ortho intramolecular Hbond substituents is 1. The molecule has 1 aliphatic heterocycles. The molecule has 0 aromatic heterocycles. The van der Waals surface area contributed by atoms with E-state index in [1.54, 1.807) is 18.8 Å². The van der Waals surface area contributed by atoms with Gasteiger partial charge in [0, 0.05) is 24.9 Å². The molecule has 7 heteroatoms. The molecule has 1 aromatic rings. The van der Waals surface area contributed by atoms with Gasteiger partial charge in [0.1, 0.15) is 11.3 Å². The molecule has 1 N–H and O–H groups in total. The van der Waals surface area contributed by atoms with Gasteiger partial charge in [-0.3, -0.25) is 14.9 Å². The zero-order valence-corrected chi connectivity index (χ0v) is 11.2. The lowest BCUT2D eigenvalue weighted by Crippen LogP contribution is -2.37. The van der Waals surface area contributed by atoms with Gasteiger partial charge in [0.2, 0.25) is 0 Å². The molecule has 6 nitrogen and oxygen atoms in total. The van der Waals surface area contributed by atoms with Crippen molar-refractivity contribution in [3.05, 3.63) is 33.9 Å². The highest BCUT2D eigenvalue weighted by Crippen LogP contribution is 2.27. The lowest BCUT2D eigenvalue weighted by Gasteiger charge is -2.23. The third-order valence-corrected chi connectivity index (χ3v) is 4.33. The quantitative estimate of drug-likeness (QED) is 0.676. The van der Waals surface area contributed by atoms with Crippen LogP contribution in [0.2, 0.25) is 0 Å². The molecule has 1 saturated heterocycles. The predicted molar refractivity (Wildman–Crippen MR) is 72.6 cm³/mol. The van der Waals surface area contributed by atoms with Gasteiger partial charge in [-0.1, -0.05) is 0 Å². The lowest BCUT2D eigenvalue weighted by molar-refractivity contribution is -0.385. The van der Waals surface area contributed by atoms with Crippen LogP contribution in [0.5, 0.6) is 5.75 Å². The minimum Gasteiger partial charge on any atom is -0.508 e. The van der Waals surface area contributed by atoms with Crippen LogP contribution in [0.1, 0.15) is 16.8 Å². The van der Waals surface area contributed by atoms with Crippen LogP contribution in [0.3, 0.4) is 0 Å². The molecule has 0 radical (unpaired) electrons. The van der Waals surface area contributed by atoms with E-state index >= 15 is 0 Å². The smallest absolute Gasteiger partial charge is 0.282 e. The van der Waals surface area contributed by atoms with E-state index in [9.17, 15) is 20.0 Å². The number of hydrogen-bond acceptors (Lipinski definition) is 5. The number of carbonyl (C=O) groups excluding carboxylic acids is 1. The van der Waals surface area contributed by atoms with E-state index in [1.165, 1.54) is 11.0 Å². The zero-order chi connectivity index (χ0) is 14.0. The number of nitro benzene ring substituents is 1. The van der Waals surface area contributed by atoms with Crippen LogP contribution in [0.15, 0.2) is 18.2 Å². The van der Waals surface area contributed by atoms with Crippen LogP contribution in [-0.4, -0.2) is 45.4 Å². The van der Waals surface area contributed by atoms with Crippen molar-refractivity contribution in [3.63, 3.8) is 0 Å². The first-order valence-corrected chi connectivity index (χ1v) is 6.98. The number of benzene rings is 1. The zero-order valence-electron chi connectivity index (χ0n) is 10.4. The van der Waals surface area contributed by atoms with Crippen molar-refractivity contribution < 1.29 is 14.8 Å². The average molecular weight is 282 g/mol. The summed E-state index contributed by atoms with van der Waals surface area (Å²) in [5.41, 5.74) is -0.343. The number of amides is 1. The van der Waals surface area contributed by atoms with Crippen molar-refractivity contribution in [1.29, 1.82) is 0 Å². The molecule has 1 aliphatic rings. The Labute approximate surface area is 114 Å². The van der Waals surface area contributed by atoms with E-state index in [-0.39, 0.29) is 23.0 Å². The van der Waals surface area contributed by atoms with Crippen LogP contribution in [0, 0.1) is 10.1 Å². The molecule has 1 fully saturated rings. The highest BCUT2D eigenvalue weighted by molar-refractivity contribution is 7.99. The molecule has 19 heavy (non-hydrogen) atoms. The second kappa shape index (κ2) is 5.48. The predicted octanol–water partition coefficient (Wildman–Crippen LogP) is 1.88. The Kier molecular flexibility index (Phi) is 3.94. The maximum Gasteiger partial charge on any atom is 0.282 e. The van der Waals surface area contributed by atoms with E-state index in [4.69, 9.17) is 0 Å². The summed E-state index contributed by atoms with van der Waals surface area (Å²) < 4.78 is 0. The second-order valence-corrected chi connectivity index (χ2v) is 5.54. The number of carbonyl (C=O) groups is 1. The molecule has 0 saturated carbocycles. The van der Waals surface area contributed by atoms with Crippen molar-refractivity contribution in [3.8, 4) is 5.75 Å². The van der Waals surface area contributed by atoms with E-state index < -0.39 is 10.8 Å². The van der Waals surface area contributed by atoms with Crippen molar-refractivity contribution >= 4 is 23.4 Å². The summed E-state index contributed by atoms with van der Waals surface area (Å²) in [7, 11) is 1.65. The van der Waals surface area contributed by atoms with E-state index in [2.05, 4.69) is 0 Å². The first kappa shape index (κ1) is 13.7. The van der Waals surface area contributed by atoms with Gasteiger partial charge in [0.05, 0.1) is 4.92 Å². The molecule has 102 valence electrons. The number of rotatable bonds is 3. The Morgan fingerprint density at radius 1 is 1.58 bits per heavy atom. The van der Waals surface area contributed by atoms with Gasteiger partial charge >= 0.3 is 0 Å². The highest BCUT2D eigenvalue weighted by Gasteiger charge is 2.29. The molecular weight excluding hydrogens is 268 g/mol. The first-order chi connectivity index (χ1) is 9.00. The summed E-state index contributed by atoms with van der Waals surface area (Å²) >= 11 is 1.76. The largest absolute Gasteiger partial charge is 0.508 e. The average Bonchev–Trinajstić information content (AvgIpc) is 2.90. The summed E-state index contributed by atoms with van der Waals surface area (Å²) in [5, 5.41) is 20.3. The number of hydrogen-bond donors (Lipinski definition) is 1. The standard InChI is InChI=1S/C12H14N2O4S/c1-13(8-4-5-19-7-8)12(16)10-6-9(15)2-3-11(10)14(17)18/h2-3,6,8,15H,4-5,7H2,1H3. The van der Waals surface area contributed by atoms with E-state index in [0.29, 0.717) is 0 Å². The Morgan fingerprint density at radius 3 is 2.89 bits per heavy atom. The van der Waals surface area contributed by atoms with Crippen LogP contribution < -0.4 is 0 Å². The molecular formula is C12H14N2O4S. The maximum absolute atomic E-state index is 12.3. The molecule has 0 spiro atoms. The SMILES string of the molecule is CN(C(=O)c1cc(O)ccc1[N+](=O)[O-])C1CCSC1. The maximum atomic E-state index is 12.3. The van der Waals surface area contributed by atoms with Crippen molar-refractivity contribution in [2.45, 2.75) is 12.5 Å².